The van der Waals surface area contributed by atoms with E-state index in [1.54, 1.807) is 24.3 Å². The Kier molecular flexibility index (Phi) is 4.32. The first-order chi connectivity index (χ1) is 10.6. The molecule has 1 saturated carbocycles. The van der Waals surface area contributed by atoms with Gasteiger partial charge in [0.15, 0.2) is 0 Å². The van der Waals surface area contributed by atoms with E-state index in [4.69, 9.17) is 5.11 Å². The highest BCUT2D eigenvalue weighted by Gasteiger charge is 2.32. The molecule has 0 aromatic heterocycles. The molecular weight excluding hydrogens is 280 g/mol. The summed E-state index contributed by atoms with van der Waals surface area (Å²) >= 11 is 0. The van der Waals surface area contributed by atoms with Gasteiger partial charge in [-0.1, -0.05) is 18.6 Å². The van der Waals surface area contributed by atoms with Crippen LogP contribution in [0, 0.1) is 11.8 Å². The zero-order valence-corrected chi connectivity index (χ0v) is 12.6. The molecule has 2 atom stereocenters. The number of rotatable bonds is 3. The van der Waals surface area contributed by atoms with Gasteiger partial charge in [-0.25, -0.2) is 9.59 Å². The van der Waals surface area contributed by atoms with E-state index in [1.807, 2.05) is 4.90 Å². The van der Waals surface area contributed by atoms with Crippen LogP contribution in [0.15, 0.2) is 24.3 Å². The normalized spacial score (nSPS) is 23.9. The number of hydrogen-bond acceptors (Lipinski definition) is 2. The SMILES string of the molecule is O=C(O)c1ccc(CNC(=O)N2CC3CCCC(C3)C2)cc1. The summed E-state index contributed by atoms with van der Waals surface area (Å²) in [4.78, 5) is 25.1. The topological polar surface area (TPSA) is 69.6 Å². The lowest BCUT2D eigenvalue weighted by molar-refractivity contribution is 0.0697. The summed E-state index contributed by atoms with van der Waals surface area (Å²) in [6.07, 6.45) is 5.08. The van der Waals surface area contributed by atoms with Crippen LogP contribution in [0.1, 0.15) is 41.6 Å². The molecule has 2 fully saturated rings. The maximum atomic E-state index is 12.3. The van der Waals surface area contributed by atoms with Crippen LogP contribution in [0.5, 0.6) is 0 Å². The van der Waals surface area contributed by atoms with Crippen LogP contribution in [0.4, 0.5) is 4.79 Å². The molecule has 22 heavy (non-hydrogen) atoms. The molecule has 5 nitrogen and oxygen atoms in total. The van der Waals surface area contributed by atoms with Gasteiger partial charge in [-0.3, -0.25) is 0 Å². The van der Waals surface area contributed by atoms with E-state index in [0.29, 0.717) is 18.4 Å². The van der Waals surface area contributed by atoms with E-state index in [0.717, 1.165) is 18.7 Å². The van der Waals surface area contributed by atoms with Crippen molar-refractivity contribution in [1.29, 1.82) is 0 Å². The quantitative estimate of drug-likeness (QED) is 0.902. The molecule has 1 aliphatic heterocycles. The number of amides is 2. The van der Waals surface area contributed by atoms with Gasteiger partial charge in [0.2, 0.25) is 0 Å². The standard InChI is InChI=1S/C17H22N2O3/c20-16(21)15-6-4-12(5-7-15)9-18-17(22)19-10-13-2-1-3-14(8-13)11-19/h4-7,13-14H,1-3,8-11H2,(H,18,22)(H,20,21). The molecule has 2 N–H and O–H groups in total. The highest BCUT2D eigenvalue weighted by atomic mass is 16.4. The Morgan fingerprint density at radius 3 is 2.36 bits per heavy atom. The van der Waals surface area contributed by atoms with E-state index >= 15 is 0 Å². The lowest BCUT2D eigenvalue weighted by Gasteiger charge is -2.41. The van der Waals surface area contributed by atoms with Gasteiger partial charge in [0.05, 0.1) is 5.56 Å². The second kappa shape index (κ2) is 6.38. The number of fused-ring (bicyclic) bond motifs is 2. The number of carbonyl (C=O) groups is 2. The Balaban J connectivity index is 1.52. The summed E-state index contributed by atoms with van der Waals surface area (Å²) < 4.78 is 0. The molecule has 2 aliphatic rings. The van der Waals surface area contributed by atoms with Gasteiger partial charge in [-0.05, 0) is 48.8 Å². The Morgan fingerprint density at radius 2 is 1.77 bits per heavy atom. The highest BCUT2D eigenvalue weighted by molar-refractivity contribution is 5.87. The number of urea groups is 1. The van der Waals surface area contributed by atoms with E-state index < -0.39 is 5.97 Å². The lowest BCUT2D eigenvalue weighted by atomic mass is 9.78. The van der Waals surface area contributed by atoms with Crippen molar-refractivity contribution in [2.45, 2.75) is 32.2 Å². The molecule has 1 aromatic rings. The molecule has 2 bridgehead atoms. The molecule has 1 saturated heterocycles. The summed E-state index contributed by atoms with van der Waals surface area (Å²) in [6.45, 7) is 2.19. The Bertz CT molecular complexity index is 544. The molecule has 118 valence electrons. The van der Waals surface area contributed by atoms with Gasteiger partial charge in [0, 0.05) is 19.6 Å². The number of nitrogens with zero attached hydrogens (tertiary/aromatic N) is 1. The number of carbonyl (C=O) groups excluding carboxylic acids is 1. The summed E-state index contributed by atoms with van der Waals surface area (Å²) in [6, 6.07) is 6.62. The summed E-state index contributed by atoms with van der Waals surface area (Å²) in [5, 5.41) is 11.8. The van der Waals surface area contributed by atoms with Crippen LogP contribution in [0.25, 0.3) is 0 Å². The minimum atomic E-state index is -0.935. The van der Waals surface area contributed by atoms with Crippen molar-refractivity contribution in [1.82, 2.24) is 10.2 Å². The summed E-state index contributed by atoms with van der Waals surface area (Å²) in [5.41, 5.74) is 1.18. The fourth-order valence-corrected chi connectivity index (χ4v) is 3.65. The second-order valence-electron chi connectivity index (χ2n) is 6.46. The predicted octanol–water partition coefficient (Wildman–Crippen LogP) is 2.72. The first-order valence-corrected chi connectivity index (χ1v) is 7.97. The fraction of sp³-hybridized carbons (Fsp3) is 0.529. The average molecular weight is 302 g/mol. The molecule has 2 amide bonds. The number of piperidine rings is 1. The van der Waals surface area contributed by atoms with Crippen LogP contribution >= 0.6 is 0 Å². The molecular formula is C17H22N2O3. The maximum absolute atomic E-state index is 12.3. The van der Waals surface area contributed by atoms with Crippen molar-refractivity contribution < 1.29 is 14.7 Å². The Morgan fingerprint density at radius 1 is 1.14 bits per heavy atom. The number of likely N-dealkylation sites (tertiary alicyclic amines) is 1. The van der Waals surface area contributed by atoms with Gasteiger partial charge in [-0.2, -0.15) is 0 Å². The van der Waals surface area contributed by atoms with Crippen LogP contribution < -0.4 is 5.32 Å². The zero-order chi connectivity index (χ0) is 15.5. The molecule has 3 rings (SSSR count). The van der Waals surface area contributed by atoms with Gasteiger partial charge in [-0.15, -0.1) is 0 Å². The second-order valence-corrected chi connectivity index (χ2v) is 6.46. The summed E-state index contributed by atoms with van der Waals surface area (Å²) in [5.74, 6) is 0.414. The monoisotopic (exact) mass is 302 g/mol. The third-order valence-corrected chi connectivity index (χ3v) is 4.78. The van der Waals surface area contributed by atoms with Crippen molar-refractivity contribution >= 4 is 12.0 Å². The number of carboxylic acid groups (broad SMARTS) is 1. The van der Waals surface area contributed by atoms with Crippen molar-refractivity contribution in [3.63, 3.8) is 0 Å². The lowest BCUT2D eigenvalue weighted by Crippen LogP contribution is -2.49. The van der Waals surface area contributed by atoms with Crippen LogP contribution in [0.2, 0.25) is 0 Å². The molecule has 5 heteroatoms. The number of hydrogen-bond donors (Lipinski definition) is 2. The van der Waals surface area contributed by atoms with E-state index in [1.165, 1.54) is 25.7 Å². The third-order valence-electron chi connectivity index (χ3n) is 4.78. The summed E-state index contributed by atoms with van der Waals surface area (Å²) in [7, 11) is 0. The van der Waals surface area contributed by atoms with Gasteiger partial charge < -0.3 is 15.3 Å². The molecule has 1 aromatic carbocycles. The van der Waals surface area contributed by atoms with Crippen LogP contribution in [-0.2, 0) is 6.54 Å². The van der Waals surface area contributed by atoms with Gasteiger partial charge in [0.25, 0.3) is 0 Å². The predicted molar refractivity (Wildman–Crippen MR) is 82.7 cm³/mol. The van der Waals surface area contributed by atoms with E-state index in [-0.39, 0.29) is 11.6 Å². The minimum absolute atomic E-state index is 0.00101. The maximum Gasteiger partial charge on any atom is 0.335 e. The van der Waals surface area contributed by atoms with Gasteiger partial charge >= 0.3 is 12.0 Å². The number of carboxylic acids is 1. The molecule has 1 heterocycles. The van der Waals surface area contributed by atoms with E-state index in [2.05, 4.69) is 5.32 Å². The number of aromatic carboxylic acids is 1. The average Bonchev–Trinajstić information content (AvgIpc) is 2.52. The molecule has 0 spiro atoms. The van der Waals surface area contributed by atoms with Gasteiger partial charge in [0.1, 0.15) is 0 Å². The first-order valence-electron chi connectivity index (χ1n) is 7.97. The van der Waals surface area contributed by atoms with Crippen LogP contribution in [-0.4, -0.2) is 35.1 Å². The van der Waals surface area contributed by atoms with Crippen molar-refractivity contribution in [2.75, 3.05) is 13.1 Å². The van der Waals surface area contributed by atoms with E-state index in [9.17, 15) is 9.59 Å². The number of benzene rings is 1. The molecule has 0 radical (unpaired) electrons. The largest absolute Gasteiger partial charge is 0.478 e. The van der Waals surface area contributed by atoms with Crippen molar-refractivity contribution in [3.8, 4) is 0 Å². The Labute approximate surface area is 130 Å². The first kappa shape index (κ1) is 14.9. The fourth-order valence-electron chi connectivity index (χ4n) is 3.65. The third kappa shape index (κ3) is 3.40. The minimum Gasteiger partial charge on any atom is -0.478 e. The molecule has 1 aliphatic carbocycles. The Hall–Kier alpha value is -2.04. The van der Waals surface area contributed by atoms with Crippen molar-refractivity contribution in [2.24, 2.45) is 11.8 Å². The zero-order valence-electron chi connectivity index (χ0n) is 12.6. The smallest absolute Gasteiger partial charge is 0.335 e. The van der Waals surface area contributed by atoms with Crippen molar-refractivity contribution in [3.05, 3.63) is 35.4 Å². The van der Waals surface area contributed by atoms with Crippen LogP contribution in [0.3, 0.4) is 0 Å². The number of nitrogens with one attached hydrogen (secondary N) is 1. The highest BCUT2D eigenvalue weighted by Crippen LogP contribution is 2.34. The molecule has 2 unspecified atom stereocenters.